The van der Waals surface area contributed by atoms with Gasteiger partial charge in [-0.05, 0) is 72.6 Å². The van der Waals surface area contributed by atoms with Crippen LogP contribution in [0, 0.1) is 0 Å². The topological polar surface area (TPSA) is 90.7 Å². The summed E-state index contributed by atoms with van der Waals surface area (Å²) in [6.45, 7) is 0.410. The number of nitrogens with one attached hydrogen (secondary N) is 1. The van der Waals surface area contributed by atoms with Crippen LogP contribution >= 0.6 is 31.9 Å². The molecule has 7 nitrogen and oxygen atoms in total. The molecule has 4 rings (SSSR count). The van der Waals surface area contributed by atoms with Gasteiger partial charge < -0.3 is 19.2 Å². The highest BCUT2D eigenvalue weighted by Gasteiger charge is 2.28. The summed E-state index contributed by atoms with van der Waals surface area (Å²) < 4.78 is 45.1. The first-order chi connectivity index (χ1) is 16.8. The number of benzene rings is 3. The van der Waals surface area contributed by atoms with Crippen molar-refractivity contribution >= 4 is 47.6 Å². The van der Waals surface area contributed by atoms with Crippen molar-refractivity contribution in [3.05, 3.63) is 81.2 Å². The lowest BCUT2D eigenvalue weighted by molar-refractivity contribution is 0.354. The summed E-state index contributed by atoms with van der Waals surface area (Å²) in [6, 6.07) is 19.3. The van der Waals surface area contributed by atoms with E-state index in [0.717, 1.165) is 14.5 Å². The molecule has 35 heavy (non-hydrogen) atoms. The Morgan fingerprint density at radius 1 is 0.886 bits per heavy atom. The third kappa shape index (κ3) is 5.71. The number of nitrogens with zero attached hydrogens (tertiary/aromatic N) is 1. The molecule has 0 radical (unpaired) electrons. The Balaban J connectivity index is 1.64. The average Bonchev–Trinajstić information content (AvgIpc) is 3.29. The fourth-order valence-corrected chi connectivity index (χ4v) is 5.21. The zero-order valence-electron chi connectivity index (χ0n) is 18.9. The van der Waals surface area contributed by atoms with Crippen LogP contribution < -0.4 is 14.8 Å². The minimum Gasteiger partial charge on any atom is -0.493 e. The van der Waals surface area contributed by atoms with Gasteiger partial charge in [0.1, 0.15) is 0 Å². The summed E-state index contributed by atoms with van der Waals surface area (Å²) in [4.78, 5) is 4.50. The minimum absolute atomic E-state index is 0.0892. The van der Waals surface area contributed by atoms with Crippen molar-refractivity contribution in [1.29, 1.82) is 0 Å². The quantitative estimate of drug-likeness (QED) is 0.232. The lowest BCUT2D eigenvalue weighted by atomic mass is 10.1. The first-order valence-corrected chi connectivity index (χ1v) is 13.6. The summed E-state index contributed by atoms with van der Waals surface area (Å²) in [7, 11) is -0.767. The predicted octanol–water partition coefficient (Wildman–Crippen LogP) is 6.37. The average molecular weight is 622 g/mol. The van der Waals surface area contributed by atoms with Gasteiger partial charge in [-0.2, -0.15) is 4.98 Å². The van der Waals surface area contributed by atoms with Crippen molar-refractivity contribution < 1.29 is 22.3 Å². The second kappa shape index (κ2) is 10.8. The van der Waals surface area contributed by atoms with E-state index in [0.29, 0.717) is 30.0 Å². The van der Waals surface area contributed by atoms with Gasteiger partial charge in [-0.3, -0.25) is 0 Å². The van der Waals surface area contributed by atoms with Gasteiger partial charge in [-0.1, -0.05) is 37.9 Å². The van der Waals surface area contributed by atoms with E-state index in [1.807, 2.05) is 30.3 Å². The van der Waals surface area contributed by atoms with Gasteiger partial charge >= 0.3 is 0 Å². The van der Waals surface area contributed by atoms with Crippen LogP contribution in [0.15, 0.2) is 90.0 Å². The molecule has 0 aliphatic rings. The van der Waals surface area contributed by atoms with Crippen LogP contribution in [0.1, 0.15) is 5.56 Å². The van der Waals surface area contributed by atoms with E-state index in [2.05, 4.69) is 42.2 Å². The number of hydrogen-bond donors (Lipinski definition) is 1. The summed E-state index contributed by atoms with van der Waals surface area (Å²) >= 11 is 6.74. The van der Waals surface area contributed by atoms with E-state index >= 15 is 0 Å². The molecule has 0 bridgehead atoms. The minimum atomic E-state index is -3.93. The van der Waals surface area contributed by atoms with Crippen molar-refractivity contribution in [2.45, 2.75) is 16.3 Å². The SMILES string of the molecule is COc1ccc(CCNc2oc(-c3ccc(Br)cc3)nc2S(=O)(=O)c2ccc(Br)cc2)cc1OC. The predicted molar refractivity (Wildman–Crippen MR) is 141 cm³/mol. The second-order valence-electron chi connectivity index (χ2n) is 7.48. The molecule has 0 fully saturated rings. The van der Waals surface area contributed by atoms with Crippen molar-refractivity contribution in [2.24, 2.45) is 0 Å². The molecule has 0 aliphatic heterocycles. The van der Waals surface area contributed by atoms with Gasteiger partial charge in [0.15, 0.2) is 11.5 Å². The molecule has 4 aromatic rings. The molecule has 0 saturated heterocycles. The highest BCUT2D eigenvalue weighted by Crippen LogP contribution is 2.33. The van der Waals surface area contributed by atoms with E-state index in [9.17, 15) is 8.42 Å². The Kier molecular flexibility index (Phi) is 7.83. The summed E-state index contributed by atoms with van der Waals surface area (Å²) in [5, 5.41) is 2.96. The van der Waals surface area contributed by atoms with Gasteiger partial charge in [-0.15, -0.1) is 0 Å². The van der Waals surface area contributed by atoms with E-state index in [-0.39, 0.29) is 21.7 Å². The normalized spacial score (nSPS) is 11.3. The maximum atomic E-state index is 13.4. The fraction of sp³-hybridized carbons (Fsp3) is 0.160. The zero-order valence-corrected chi connectivity index (χ0v) is 22.9. The molecular formula is C25H22Br2N2O5S. The second-order valence-corrected chi connectivity index (χ2v) is 11.2. The molecule has 1 aromatic heterocycles. The Hall–Kier alpha value is -2.82. The van der Waals surface area contributed by atoms with Gasteiger partial charge in [0, 0.05) is 21.1 Å². The number of aromatic nitrogens is 1. The van der Waals surface area contributed by atoms with E-state index < -0.39 is 9.84 Å². The number of halogens is 2. The van der Waals surface area contributed by atoms with E-state index in [1.54, 1.807) is 38.5 Å². The smallest absolute Gasteiger partial charge is 0.233 e. The van der Waals surface area contributed by atoms with E-state index in [4.69, 9.17) is 13.9 Å². The van der Waals surface area contributed by atoms with Gasteiger partial charge in [-0.25, -0.2) is 8.42 Å². The molecule has 182 valence electrons. The van der Waals surface area contributed by atoms with Gasteiger partial charge in [0.2, 0.25) is 26.6 Å². The summed E-state index contributed by atoms with van der Waals surface area (Å²) in [5.74, 6) is 1.57. The number of hydrogen-bond acceptors (Lipinski definition) is 7. The molecule has 3 aromatic carbocycles. The number of ether oxygens (including phenoxy) is 2. The molecule has 1 heterocycles. The number of sulfone groups is 1. The van der Waals surface area contributed by atoms with Crippen LogP contribution in [-0.4, -0.2) is 34.2 Å². The fourth-order valence-electron chi connectivity index (χ4n) is 3.40. The molecular weight excluding hydrogens is 600 g/mol. The van der Waals surface area contributed by atoms with Crippen molar-refractivity contribution in [1.82, 2.24) is 4.98 Å². The van der Waals surface area contributed by atoms with Crippen LogP contribution in [0.4, 0.5) is 5.88 Å². The Bertz CT molecular complexity index is 1420. The summed E-state index contributed by atoms with van der Waals surface area (Å²) in [5.41, 5.74) is 1.65. The number of rotatable bonds is 9. The molecule has 0 amide bonds. The Morgan fingerprint density at radius 2 is 1.51 bits per heavy atom. The maximum Gasteiger partial charge on any atom is 0.233 e. The van der Waals surface area contributed by atoms with Gasteiger partial charge in [0.05, 0.1) is 19.1 Å². The lowest BCUT2D eigenvalue weighted by Crippen LogP contribution is -2.10. The molecule has 0 aliphatic carbocycles. The molecule has 1 N–H and O–H groups in total. The van der Waals surface area contributed by atoms with Crippen LogP contribution in [-0.2, 0) is 16.3 Å². The van der Waals surface area contributed by atoms with Crippen LogP contribution in [0.5, 0.6) is 11.5 Å². The Morgan fingerprint density at radius 3 is 2.14 bits per heavy atom. The largest absolute Gasteiger partial charge is 0.493 e. The van der Waals surface area contributed by atoms with Crippen molar-refractivity contribution in [3.8, 4) is 23.0 Å². The van der Waals surface area contributed by atoms with Crippen molar-refractivity contribution in [2.75, 3.05) is 26.1 Å². The zero-order chi connectivity index (χ0) is 25.0. The molecule has 0 saturated carbocycles. The molecule has 0 atom stereocenters. The number of anilines is 1. The highest BCUT2D eigenvalue weighted by molar-refractivity contribution is 9.10. The van der Waals surface area contributed by atoms with E-state index in [1.165, 1.54) is 12.1 Å². The summed E-state index contributed by atoms with van der Waals surface area (Å²) in [6.07, 6.45) is 0.590. The standard InChI is InChI=1S/C25H22Br2N2O5S/c1-32-21-12-3-16(15-22(21)33-2)13-14-28-24-25(35(30,31)20-10-8-19(27)9-11-20)29-23(34-24)17-4-6-18(26)7-5-17/h3-12,15,28H,13-14H2,1-2H3. The molecule has 10 heteroatoms. The molecule has 0 unspecified atom stereocenters. The number of oxazole rings is 1. The third-order valence-corrected chi connectivity index (χ3v) is 7.95. The molecule has 0 spiro atoms. The highest BCUT2D eigenvalue weighted by atomic mass is 79.9. The van der Waals surface area contributed by atoms with Crippen molar-refractivity contribution in [3.63, 3.8) is 0 Å². The first-order valence-electron chi connectivity index (χ1n) is 10.5. The van der Waals surface area contributed by atoms with Crippen LogP contribution in [0.25, 0.3) is 11.5 Å². The maximum absolute atomic E-state index is 13.4. The lowest BCUT2D eigenvalue weighted by Gasteiger charge is -2.10. The van der Waals surface area contributed by atoms with Gasteiger partial charge in [0.25, 0.3) is 0 Å². The third-order valence-electron chi connectivity index (χ3n) is 5.21. The first kappa shape index (κ1) is 25.3. The van der Waals surface area contributed by atoms with Crippen LogP contribution in [0.2, 0.25) is 0 Å². The van der Waals surface area contributed by atoms with Crippen LogP contribution in [0.3, 0.4) is 0 Å². The number of methoxy groups -OCH3 is 2. The monoisotopic (exact) mass is 620 g/mol. The Labute approximate surface area is 220 Å².